The largest absolute Gasteiger partial charge is 0.236 e. The van der Waals surface area contributed by atoms with E-state index in [0.717, 1.165) is 10.5 Å². The van der Waals surface area contributed by atoms with E-state index < -0.39 is 0 Å². The average molecular weight is 175 g/mol. The lowest BCUT2D eigenvalue weighted by Gasteiger charge is -1.90. The minimum Gasteiger partial charge on any atom is -0.236 e. The summed E-state index contributed by atoms with van der Waals surface area (Å²) in [5.41, 5.74) is 2.34. The summed E-state index contributed by atoms with van der Waals surface area (Å²) in [5.74, 6) is 0. The van der Waals surface area contributed by atoms with Crippen molar-refractivity contribution < 1.29 is 0 Å². The van der Waals surface area contributed by atoms with Crippen LogP contribution < -0.4 is 0 Å². The summed E-state index contributed by atoms with van der Waals surface area (Å²) in [4.78, 5) is 4.43. The zero-order valence-corrected chi connectivity index (χ0v) is 7.69. The number of para-hydroxylation sites is 1. The van der Waals surface area contributed by atoms with Crippen LogP contribution in [0.4, 0.5) is 0 Å². The maximum absolute atomic E-state index is 4.43. The van der Waals surface area contributed by atoms with Crippen LogP contribution in [0.2, 0.25) is 0 Å². The second-order valence-electron chi connectivity index (χ2n) is 2.68. The van der Waals surface area contributed by atoms with Gasteiger partial charge in [-0.05, 0) is 24.6 Å². The van der Waals surface area contributed by atoms with Crippen molar-refractivity contribution >= 4 is 27.6 Å². The first-order valence-electron chi connectivity index (χ1n) is 3.80. The number of aryl methyl sites for hydroxylation is 1. The summed E-state index contributed by atoms with van der Waals surface area (Å²) in [6.07, 6.45) is 1.80. The van der Waals surface area contributed by atoms with Gasteiger partial charge in [0.05, 0.1) is 10.2 Å². The zero-order chi connectivity index (χ0) is 8.55. The van der Waals surface area contributed by atoms with Crippen LogP contribution in [-0.2, 0) is 0 Å². The molecular weight excluding hydrogens is 166 g/mol. The molecule has 1 aromatic heterocycles. The molecule has 0 saturated carbocycles. The van der Waals surface area contributed by atoms with Crippen molar-refractivity contribution in [1.29, 1.82) is 0 Å². The van der Waals surface area contributed by atoms with Crippen LogP contribution in [0.1, 0.15) is 10.6 Å². The van der Waals surface area contributed by atoms with E-state index in [-0.39, 0.29) is 0 Å². The summed E-state index contributed by atoms with van der Waals surface area (Å²) >= 11 is 1.68. The highest BCUT2D eigenvalue weighted by Crippen LogP contribution is 2.24. The molecule has 1 heterocycles. The fraction of sp³-hybridized carbons (Fsp3) is 0.100. The van der Waals surface area contributed by atoms with Gasteiger partial charge in [0.1, 0.15) is 5.01 Å². The van der Waals surface area contributed by atoms with Gasteiger partial charge in [0.2, 0.25) is 0 Å². The maximum Gasteiger partial charge on any atom is 0.116 e. The fourth-order valence-corrected chi connectivity index (χ4v) is 2.09. The highest BCUT2D eigenvalue weighted by atomic mass is 32.1. The number of rotatable bonds is 1. The quantitative estimate of drug-likeness (QED) is 0.648. The van der Waals surface area contributed by atoms with Gasteiger partial charge >= 0.3 is 0 Å². The van der Waals surface area contributed by atoms with Gasteiger partial charge in [0, 0.05) is 0 Å². The standard InChI is InChI=1S/C10H9NS/c1-3-9-11-10-7(2)5-4-6-8(10)12-9/h3-6H,1H2,2H3. The predicted molar refractivity (Wildman–Crippen MR) is 54.4 cm³/mol. The van der Waals surface area contributed by atoms with E-state index in [2.05, 4.69) is 36.7 Å². The van der Waals surface area contributed by atoms with Crippen molar-refractivity contribution in [3.05, 3.63) is 35.3 Å². The van der Waals surface area contributed by atoms with Crippen LogP contribution in [-0.4, -0.2) is 4.98 Å². The molecule has 0 amide bonds. The Bertz CT molecular complexity index is 428. The van der Waals surface area contributed by atoms with Crippen LogP contribution in [0.15, 0.2) is 24.8 Å². The number of hydrogen-bond donors (Lipinski definition) is 0. The van der Waals surface area contributed by atoms with Crippen LogP contribution in [0.3, 0.4) is 0 Å². The smallest absolute Gasteiger partial charge is 0.116 e. The first-order valence-corrected chi connectivity index (χ1v) is 4.61. The molecule has 0 aliphatic carbocycles. The van der Waals surface area contributed by atoms with Crippen LogP contribution >= 0.6 is 11.3 Å². The molecule has 0 aliphatic heterocycles. The topological polar surface area (TPSA) is 12.9 Å². The van der Waals surface area contributed by atoms with E-state index in [4.69, 9.17) is 0 Å². The fourth-order valence-electron chi connectivity index (χ4n) is 1.19. The Labute approximate surface area is 75.4 Å². The molecule has 0 saturated heterocycles. The van der Waals surface area contributed by atoms with Gasteiger partial charge in [-0.1, -0.05) is 18.7 Å². The molecule has 2 aromatic rings. The van der Waals surface area contributed by atoms with Gasteiger partial charge in [-0.15, -0.1) is 11.3 Å². The number of thiazole rings is 1. The molecule has 0 bridgehead atoms. The van der Waals surface area contributed by atoms with Gasteiger partial charge in [-0.2, -0.15) is 0 Å². The average Bonchev–Trinajstić information content (AvgIpc) is 2.49. The molecule has 12 heavy (non-hydrogen) atoms. The Morgan fingerprint density at radius 1 is 1.50 bits per heavy atom. The first-order chi connectivity index (χ1) is 5.81. The molecule has 60 valence electrons. The molecule has 2 heteroatoms. The number of aromatic nitrogens is 1. The molecule has 0 unspecified atom stereocenters. The molecule has 1 aromatic carbocycles. The highest BCUT2D eigenvalue weighted by molar-refractivity contribution is 7.19. The van der Waals surface area contributed by atoms with E-state index in [0.29, 0.717) is 0 Å². The highest BCUT2D eigenvalue weighted by Gasteiger charge is 2.01. The van der Waals surface area contributed by atoms with Crippen molar-refractivity contribution in [2.24, 2.45) is 0 Å². The summed E-state index contributed by atoms with van der Waals surface area (Å²) < 4.78 is 1.24. The third-order valence-corrected chi connectivity index (χ3v) is 2.83. The minimum atomic E-state index is 0.999. The second kappa shape index (κ2) is 2.72. The SMILES string of the molecule is C=Cc1nc2c(C)cccc2s1. The first kappa shape index (κ1) is 7.50. The molecule has 0 N–H and O–H groups in total. The minimum absolute atomic E-state index is 0.999. The summed E-state index contributed by atoms with van der Waals surface area (Å²) in [6.45, 7) is 5.78. The van der Waals surface area contributed by atoms with E-state index >= 15 is 0 Å². The number of nitrogens with zero attached hydrogens (tertiary/aromatic N) is 1. The molecule has 0 fully saturated rings. The molecule has 0 radical (unpaired) electrons. The summed E-state index contributed by atoms with van der Waals surface area (Å²) in [5, 5.41) is 0.999. The van der Waals surface area contributed by atoms with E-state index in [1.165, 1.54) is 10.3 Å². The van der Waals surface area contributed by atoms with E-state index in [1.54, 1.807) is 17.4 Å². The van der Waals surface area contributed by atoms with Crippen molar-refractivity contribution in [3.8, 4) is 0 Å². The number of benzene rings is 1. The van der Waals surface area contributed by atoms with E-state index in [9.17, 15) is 0 Å². The Morgan fingerprint density at radius 2 is 2.33 bits per heavy atom. The van der Waals surface area contributed by atoms with Gasteiger partial charge in [-0.3, -0.25) is 0 Å². The Balaban J connectivity index is 2.82. The van der Waals surface area contributed by atoms with Gasteiger partial charge < -0.3 is 0 Å². The van der Waals surface area contributed by atoms with Crippen molar-refractivity contribution in [3.63, 3.8) is 0 Å². The summed E-state index contributed by atoms with van der Waals surface area (Å²) in [7, 11) is 0. The Hall–Kier alpha value is -1.15. The molecule has 0 spiro atoms. The predicted octanol–water partition coefficient (Wildman–Crippen LogP) is 3.25. The molecule has 0 aliphatic rings. The lowest BCUT2D eigenvalue weighted by atomic mass is 10.2. The molecular formula is C10H9NS. The van der Waals surface area contributed by atoms with Gasteiger partial charge in [0.25, 0.3) is 0 Å². The number of fused-ring (bicyclic) bond motifs is 1. The third kappa shape index (κ3) is 1.04. The van der Waals surface area contributed by atoms with Crippen molar-refractivity contribution in [2.45, 2.75) is 6.92 Å². The molecule has 0 atom stereocenters. The monoisotopic (exact) mass is 175 g/mol. The van der Waals surface area contributed by atoms with Crippen molar-refractivity contribution in [1.82, 2.24) is 4.98 Å². The van der Waals surface area contributed by atoms with Gasteiger partial charge in [0.15, 0.2) is 0 Å². The number of hydrogen-bond acceptors (Lipinski definition) is 2. The molecule has 2 rings (SSSR count). The lowest BCUT2D eigenvalue weighted by molar-refractivity contribution is 1.41. The van der Waals surface area contributed by atoms with Crippen LogP contribution in [0.25, 0.3) is 16.3 Å². The Kier molecular flexibility index (Phi) is 1.70. The zero-order valence-electron chi connectivity index (χ0n) is 6.87. The summed E-state index contributed by atoms with van der Waals surface area (Å²) in [6, 6.07) is 6.23. The van der Waals surface area contributed by atoms with Crippen LogP contribution in [0, 0.1) is 6.92 Å². The maximum atomic E-state index is 4.43. The third-order valence-electron chi connectivity index (χ3n) is 1.81. The molecule has 1 nitrogen and oxygen atoms in total. The van der Waals surface area contributed by atoms with Crippen molar-refractivity contribution in [2.75, 3.05) is 0 Å². The lowest BCUT2D eigenvalue weighted by Crippen LogP contribution is -1.74. The Morgan fingerprint density at radius 3 is 3.00 bits per heavy atom. The second-order valence-corrected chi connectivity index (χ2v) is 3.74. The van der Waals surface area contributed by atoms with E-state index in [1.807, 2.05) is 0 Å². The van der Waals surface area contributed by atoms with Crippen LogP contribution in [0.5, 0.6) is 0 Å². The van der Waals surface area contributed by atoms with Gasteiger partial charge in [-0.25, -0.2) is 4.98 Å². The normalized spacial score (nSPS) is 10.4.